The number of aryl methyl sites for hydroxylation is 1. The van der Waals surface area contributed by atoms with E-state index in [1.807, 2.05) is 13.0 Å². The lowest BCUT2D eigenvalue weighted by Crippen LogP contribution is -2.72. The summed E-state index contributed by atoms with van der Waals surface area (Å²) in [7, 11) is 1.60. The molecular weight excluding hydrogens is 268 g/mol. The summed E-state index contributed by atoms with van der Waals surface area (Å²) >= 11 is 0. The van der Waals surface area contributed by atoms with Gasteiger partial charge in [0.05, 0.1) is 19.3 Å². The topological polar surface area (TPSA) is 73.6 Å². The minimum absolute atomic E-state index is 0.00778. The van der Waals surface area contributed by atoms with Crippen LogP contribution in [0.25, 0.3) is 0 Å². The van der Waals surface area contributed by atoms with E-state index in [1.54, 1.807) is 19.2 Å². The van der Waals surface area contributed by atoms with Crippen molar-refractivity contribution in [2.24, 2.45) is 11.7 Å². The fraction of sp³-hybridized carbons (Fsp3) is 0.562. The minimum atomic E-state index is -0.124. The van der Waals surface area contributed by atoms with Gasteiger partial charge in [0.2, 0.25) is 0 Å². The molecule has 1 aromatic carbocycles. The molecule has 4 unspecified atom stereocenters. The number of rotatable bonds is 3. The van der Waals surface area contributed by atoms with Gasteiger partial charge in [0, 0.05) is 24.1 Å². The zero-order chi connectivity index (χ0) is 15.0. The SMILES string of the molecule is COc1cc(C(=O)NC2C(N)C3CCCOC32)ccc1C. The highest BCUT2D eigenvalue weighted by molar-refractivity contribution is 5.95. The van der Waals surface area contributed by atoms with Crippen molar-refractivity contribution in [1.82, 2.24) is 5.32 Å². The molecule has 4 atom stereocenters. The minimum Gasteiger partial charge on any atom is -0.496 e. The van der Waals surface area contributed by atoms with E-state index >= 15 is 0 Å². The van der Waals surface area contributed by atoms with E-state index in [9.17, 15) is 4.79 Å². The van der Waals surface area contributed by atoms with Crippen LogP contribution in [0.15, 0.2) is 18.2 Å². The summed E-state index contributed by atoms with van der Waals surface area (Å²) in [6.07, 6.45) is 2.23. The summed E-state index contributed by atoms with van der Waals surface area (Å²) in [6, 6.07) is 5.35. The molecule has 5 nitrogen and oxygen atoms in total. The molecule has 0 radical (unpaired) electrons. The van der Waals surface area contributed by atoms with Gasteiger partial charge in [-0.2, -0.15) is 0 Å². The molecule has 1 amide bonds. The molecule has 5 heteroatoms. The maximum absolute atomic E-state index is 12.4. The monoisotopic (exact) mass is 290 g/mol. The summed E-state index contributed by atoms with van der Waals surface area (Å²) in [4.78, 5) is 12.4. The molecule has 1 heterocycles. The standard InChI is InChI=1S/C16H22N2O3/c1-9-5-6-10(8-12(9)20-2)16(19)18-14-13(17)11-4-3-7-21-15(11)14/h5-6,8,11,13-15H,3-4,7,17H2,1-2H3,(H,18,19). The van der Waals surface area contributed by atoms with Crippen LogP contribution in [-0.2, 0) is 4.74 Å². The first-order valence-corrected chi connectivity index (χ1v) is 7.44. The van der Waals surface area contributed by atoms with Gasteiger partial charge >= 0.3 is 0 Å². The Bertz CT molecular complexity index is 546. The van der Waals surface area contributed by atoms with Crippen molar-refractivity contribution in [2.75, 3.05) is 13.7 Å². The first kappa shape index (κ1) is 14.4. The van der Waals surface area contributed by atoms with Gasteiger partial charge in [0.1, 0.15) is 5.75 Å². The molecule has 114 valence electrons. The Morgan fingerprint density at radius 1 is 1.48 bits per heavy atom. The van der Waals surface area contributed by atoms with Gasteiger partial charge in [0.25, 0.3) is 5.91 Å². The van der Waals surface area contributed by atoms with Crippen LogP contribution in [0.3, 0.4) is 0 Å². The second kappa shape index (κ2) is 5.66. The molecule has 2 fully saturated rings. The summed E-state index contributed by atoms with van der Waals surface area (Å²) in [5.41, 5.74) is 7.76. The number of nitrogens with two attached hydrogens (primary N) is 1. The predicted octanol–water partition coefficient (Wildman–Crippen LogP) is 1.24. The number of hydrogen-bond donors (Lipinski definition) is 2. The lowest BCUT2D eigenvalue weighted by molar-refractivity contribution is -0.117. The van der Waals surface area contributed by atoms with Gasteiger partial charge in [-0.15, -0.1) is 0 Å². The molecule has 0 spiro atoms. The summed E-state index contributed by atoms with van der Waals surface area (Å²) in [5, 5.41) is 3.01. The molecule has 2 aliphatic rings. The second-order valence-corrected chi connectivity index (χ2v) is 5.90. The normalized spacial score (nSPS) is 31.0. The Balaban J connectivity index is 1.69. The molecule has 0 aromatic heterocycles. The van der Waals surface area contributed by atoms with Crippen molar-refractivity contribution in [3.63, 3.8) is 0 Å². The number of fused-ring (bicyclic) bond motifs is 1. The number of ether oxygens (including phenoxy) is 2. The third-order valence-electron chi connectivity index (χ3n) is 4.65. The van der Waals surface area contributed by atoms with Crippen LogP contribution in [0.4, 0.5) is 0 Å². The second-order valence-electron chi connectivity index (χ2n) is 5.90. The molecule has 1 aliphatic carbocycles. The van der Waals surface area contributed by atoms with Crippen molar-refractivity contribution < 1.29 is 14.3 Å². The van der Waals surface area contributed by atoms with Crippen LogP contribution in [0.1, 0.15) is 28.8 Å². The molecule has 3 N–H and O–H groups in total. The lowest BCUT2D eigenvalue weighted by atomic mass is 9.68. The van der Waals surface area contributed by atoms with Gasteiger partial charge < -0.3 is 20.5 Å². The van der Waals surface area contributed by atoms with Gasteiger partial charge in [-0.1, -0.05) is 6.07 Å². The highest BCUT2D eigenvalue weighted by Gasteiger charge is 2.51. The van der Waals surface area contributed by atoms with E-state index in [2.05, 4.69) is 5.32 Å². The quantitative estimate of drug-likeness (QED) is 0.878. The molecule has 3 rings (SSSR count). The number of benzene rings is 1. The number of hydrogen-bond acceptors (Lipinski definition) is 4. The van der Waals surface area contributed by atoms with Crippen molar-refractivity contribution in [1.29, 1.82) is 0 Å². The van der Waals surface area contributed by atoms with Crippen molar-refractivity contribution in [3.05, 3.63) is 29.3 Å². The van der Waals surface area contributed by atoms with E-state index < -0.39 is 0 Å². The molecular formula is C16H22N2O3. The van der Waals surface area contributed by atoms with E-state index in [0.717, 1.165) is 25.0 Å². The van der Waals surface area contributed by atoms with E-state index in [4.69, 9.17) is 15.2 Å². The first-order chi connectivity index (χ1) is 10.1. The Hall–Kier alpha value is -1.59. The number of amides is 1. The number of carbonyl (C=O) groups excluding carboxylic acids is 1. The average molecular weight is 290 g/mol. The highest BCUT2D eigenvalue weighted by atomic mass is 16.5. The van der Waals surface area contributed by atoms with E-state index in [0.29, 0.717) is 17.2 Å². The van der Waals surface area contributed by atoms with Crippen LogP contribution in [0.2, 0.25) is 0 Å². The maximum Gasteiger partial charge on any atom is 0.251 e. The first-order valence-electron chi connectivity index (χ1n) is 7.44. The Labute approximate surface area is 124 Å². The molecule has 21 heavy (non-hydrogen) atoms. The summed E-state index contributed by atoms with van der Waals surface area (Å²) < 4.78 is 11.0. The van der Waals surface area contributed by atoms with Crippen LogP contribution in [0, 0.1) is 12.8 Å². The van der Waals surface area contributed by atoms with Crippen LogP contribution in [-0.4, -0.2) is 37.8 Å². The lowest BCUT2D eigenvalue weighted by Gasteiger charge is -2.52. The summed E-state index contributed by atoms with van der Waals surface area (Å²) in [5.74, 6) is 0.977. The molecule has 1 aliphatic heterocycles. The molecule has 0 bridgehead atoms. The number of carbonyl (C=O) groups is 1. The van der Waals surface area contributed by atoms with Gasteiger partial charge in [-0.25, -0.2) is 0 Å². The van der Waals surface area contributed by atoms with E-state index in [-0.39, 0.29) is 24.1 Å². The third-order valence-corrected chi connectivity index (χ3v) is 4.65. The van der Waals surface area contributed by atoms with E-state index in [1.165, 1.54) is 0 Å². The highest BCUT2D eigenvalue weighted by Crippen LogP contribution is 2.37. The zero-order valence-corrected chi connectivity index (χ0v) is 12.5. The number of nitrogens with one attached hydrogen (secondary N) is 1. The Kier molecular flexibility index (Phi) is 3.87. The number of methoxy groups -OCH3 is 1. The van der Waals surface area contributed by atoms with Crippen molar-refractivity contribution in [2.45, 2.75) is 38.0 Å². The third kappa shape index (κ3) is 2.51. The van der Waals surface area contributed by atoms with Gasteiger partial charge in [-0.3, -0.25) is 4.79 Å². The largest absolute Gasteiger partial charge is 0.496 e. The molecule has 1 saturated heterocycles. The fourth-order valence-electron chi connectivity index (χ4n) is 3.32. The van der Waals surface area contributed by atoms with Crippen LogP contribution in [0.5, 0.6) is 5.75 Å². The van der Waals surface area contributed by atoms with Gasteiger partial charge in [-0.05, 0) is 37.5 Å². The summed E-state index contributed by atoms with van der Waals surface area (Å²) in [6.45, 7) is 2.71. The van der Waals surface area contributed by atoms with Crippen LogP contribution >= 0.6 is 0 Å². The Morgan fingerprint density at radius 2 is 2.29 bits per heavy atom. The average Bonchev–Trinajstić information content (AvgIpc) is 2.52. The Morgan fingerprint density at radius 3 is 3.05 bits per heavy atom. The fourth-order valence-corrected chi connectivity index (χ4v) is 3.32. The maximum atomic E-state index is 12.4. The van der Waals surface area contributed by atoms with Crippen LogP contribution < -0.4 is 15.8 Å². The molecule has 1 saturated carbocycles. The smallest absolute Gasteiger partial charge is 0.251 e. The zero-order valence-electron chi connectivity index (χ0n) is 12.5. The van der Waals surface area contributed by atoms with Crippen molar-refractivity contribution in [3.8, 4) is 5.75 Å². The van der Waals surface area contributed by atoms with Crippen molar-refractivity contribution >= 4 is 5.91 Å². The predicted molar refractivity (Wildman–Crippen MR) is 79.4 cm³/mol. The van der Waals surface area contributed by atoms with Gasteiger partial charge in [0.15, 0.2) is 0 Å². The molecule has 1 aromatic rings.